The Bertz CT molecular complexity index is 96.7. The van der Waals surface area contributed by atoms with E-state index < -0.39 is 0 Å². The lowest BCUT2D eigenvalue weighted by atomic mass is 10.4. The minimum Gasteiger partial charge on any atom is -0.402 e. The number of hydrogen-bond acceptors (Lipinski definition) is 2. The van der Waals surface area contributed by atoms with Crippen LogP contribution in [-0.2, 0) is 0 Å². The lowest BCUT2D eigenvalue weighted by Gasteiger charge is -1.89. The summed E-state index contributed by atoms with van der Waals surface area (Å²) in [6.07, 6.45) is 0.918. The van der Waals surface area contributed by atoms with Crippen molar-refractivity contribution in [3.8, 4) is 0 Å². The molecule has 0 spiro atoms. The van der Waals surface area contributed by atoms with Crippen LogP contribution in [0.2, 0.25) is 0 Å². The predicted octanol–water partition coefficient (Wildman–Crippen LogP) is 2.07. The third-order valence-corrected chi connectivity index (χ3v) is 1.36. The minimum atomic E-state index is 0.912. The van der Waals surface area contributed by atoms with E-state index in [1.165, 1.54) is 11.8 Å². The molecule has 0 atom stereocenters. The lowest BCUT2D eigenvalue weighted by molar-refractivity contribution is 1.08. The van der Waals surface area contributed by atoms with E-state index in [9.17, 15) is 0 Å². The molecule has 0 saturated carbocycles. The first-order chi connectivity index (χ1) is 3.81. The Morgan fingerprint density at radius 2 is 2.50 bits per heavy atom. The zero-order valence-corrected chi connectivity index (χ0v) is 5.87. The van der Waals surface area contributed by atoms with Gasteiger partial charge in [-0.1, -0.05) is 13.5 Å². The summed E-state index contributed by atoms with van der Waals surface area (Å²) in [6.45, 7) is 5.55. The molecule has 0 fully saturated rings. The smallest absolute Gasteiger partial charge is 0.0145 e. The summed E-state index contributed by atoms with van der Waals surface area (Å²) in [4.78, 5) is 0. The second kappa shape index (κ2) is 4.78. The quantitative estimate of drug-likeness (QED) is 0.631. The number of hydrogen-bond donors (Lipinski definition) is 1. The highest BCUT2D eigenvalue weighted by molar-refractivity contribution is 8.04. The topological polar surface area (TPSA) is 26.0 Å². The van der Waals surface area contributed by atoms with Gasteiger partial charge in [-0.2, -0.15) is 0 Å². The van der Waals surface area contributed by atoms with Crippen LogP contribution in [0.4, 0.5) is 0 Å². The largest absolute Gasteiger partial charge is 0.402 e. The van der Waals surface area contributed by atoms with Gasteiger partial charge in [0.1, 0.15) is 0 Å². The normalized spacial score (nSPS) is 11.4. The molecule has 2 heteroatoms. The van der Waals surface area contributed by atoms with Crippen LogP contribution in [0.5, 0.6) is 0 Å². The highest BCUT2D eigenvalue weighted by atomic mass is 32.2. The summed E-state index contributed by atoms with van der Waals surface area (Å²) in [5.74, 6) is 0. The number of rotatable bonds is 3. The fraction of sp³-hybridized carbons (Fsp3) is 0.333. The average molecular weight is 129 g/mol. The van der Waals surface area contributed by atoms with E-state index in [0.29, 0.717) is 0 Å². The van der Waals surface area contributed by atoms with Gasteiger partial charge in [0.25, 0.3) is 0 Å². The van der Waals surface area contributed by atoms with E-state index in [-0.39, 0.29) is 0 Å². The molecule has 0 aliphatic carbocycles. The molecule has 46 valence electrons. The van der Waals surface area contributed by atoms with Crippen molar-refractivity contribution in [1.29, 1.82) is 0 Å². The first kappa shape index (κ1) is 7.63. The van der Waals surface area contributed by atoms with Crippen LogP contribution in [0.15, 0.2) is 23.1 Å². The maximum atomic E-state index is 5.45. The molecule has 1 nitrogen and oxygen atoms in total. The van der Waals surface area contributed by atoms with Crippen LogP contribution >= 0.6 is 11.8 Å². The third kappa shape index (κ3) is 3.81. The molecule has 0 amide bonds. The maximum absolute atomic E-state index is 5.45. The van der Waals surface area contributed by atoms with Crippen molar-refractivity contribution in [2.45, 2.75) is 13.3 Å². The Kier molecular flexibility index (Phi) is 4.56. The van der Waals surface area contributed by atoms with Crippen molar-refractivity contribution in [3.05, 3.63) is 23.1 Å². The van der Waals surface area contributed by atoms with Crippen LogP contribution < -0.4 is 5.73 Å². The molecule has 0 heterocycles. The van der Waals surface area contributed by atoms with Crippen LogP contribution in [0.25, 0.3) is 0 Å². The van der Waals surface area contributed by atoms with Gasteiger partial charge in [0, 0.05) is 5.70 Å². The van der Waals surface area contributed by atoms with Crippen molar-refractivity contribution >= 4 is 11.8 Å². The van der Waals surface area contributed by atoms with Gasteiger partial charge in [0.05, 0.1) is 0 Å². The minimum absolute atomic E-state index is 0.912. The Balaban J connectivity index is 3.40. The van der Waals surface area contributed by atoms with Gasteiger partial charge in [-0.05, 0) is 17.2 Å². The van der Waals surface area contributed by atoms with Crippen LogP contribution in [0.3, 0.4) is 0 Å². The molecule has 0 saturated heterocycles. The molecule has 8 heavy (non-hydrogen) atoms. The second-order valence-corrected chi connectivity index (χ2v) is 2.19. The van der Waals surface area contributed by atoms with Crippen LogP contribution in [0, 0.1) is 0 Å². The van der Waals surface area contributed by atoms with Crippen molar-refractivity contribution < 1.29 is 0 Å². The van der Waals surface area contributed by atoms with Crippen LogP contribution in [0.1, 0.15) is 13.3 Å². The summed E-state index contributed by atoms with van der Waals surface area (Å²) in [5, 5.41) is 3.65. The standard InChI is InChI=1S/C6H11NS/c1-3-6(7)5-8-4-2/h4-5H,2-3,7H2,1H3/b6-5-. The number of allylic oxidation sites excluding steroid dienone is 1. The molecule has 0 rings (SSSR count). The molecule has 0 aromatic heterocycles. The fourth-order valence-electron chi connectivity index (χ4n) is 0.219. The number of nitrogens with two attached hydrogens (primary N) is 1. The first-order valence-electron chi connectivity index (χ1n) is 2.52. The van der Waals surface area contributed by atoms with Crippen LogP contribution in [-0.4, -0.2) is 0 Å². The Labute approximate surface area is 54.6 Å². The van der Waals surface area contributed by atoms with Crippen molar-refractivity contribution in [2.75, 3.05) is 0 Å². The van der Waals surface area contributed by atoms with Gasteiger partial charge < -0.3 is 5.73 Å². The second-order valence-electron chi connectivity index (χ2n) is 1.35. The lowest BCUT2D eigenvalue weighted by Crippen LogP contribution is -1.91. The third-order valence-electron chi connectivity index (χ3n) is 0.724. The van der Waals surface area contributed by atoms with Gasteiger partial charge in [0.15, 0.2) is 0 Å². The molecule has 0 unspecified atom stereocenters. The SMILES string of the molecule is C=CS/C=C(\N)CC. The molecular formula is C6H11NS. The summed E-state index contributed by atoms with van der Waals surface area (Å²) in [5.41, 5.74) is 6.36. The first-order valence-corrected chi connectivity index (χ1v) is 3.46. The van der Waals surface area contributed by atoms with Crippen molar-refractivity contribution in [3.63, 3.8) is 0 Å². The van der Waals surface area contributed by atoms with Gasteiger partial charge in [-0.15, -0.1) is 11.8 Å². The summed E-state index contributed by atoms with van der Waals surface area (Å²) in [6, 6.07) is 0. The van der Waals surface area contributed by atoms with E-state index in [1.54, 1.807) is 5.41 Å². The van der Waals surface area contributed by atoms with Gasteiger partial charge in [-0.25, -0.2) is 0 Å². The molecule has 2 N–H and O–H groups in total. The molecule has 0 aliphatic heterocycles. The van der Waals surface area contributed by atoms with E-state index in [2.05, 4.69) is 6.58 Å². The van der Waals surface area contributed by atoms with E-state index in [4.69, 9.17) is 5.73 Å². The van der Waals surface area contributed by atoms with Gasteiger partial charge in [0.2, 0.25) is 0 Å². The highest BCUT2D eigenvalue weighted by Crippen LogP contribution is 2.05. The van der Waals surface area contributed by atoms with E-state index >= 15 is 0 Å². The zero-order chi connectivity index (χ0) is 6.41. The monoisotopic (exact) mass is 129 g/mol. The summed E-state index contributed by atoms with van der Waals surface area (Å²) >= 11 is 1.52. The molecule has 0 bridgehead atoms. The average Bonchev–Trinajstić information content (AvgIpc) is 1.83. The zero-order valence-electron chi connectivity index (χ0n) is 5.05. The molecule has 0 radical (unpaired) electrons. The number of thioether (sulfide) groups is 1. The van der Waals surface area contributed by atoms with E-state index in [1.807, 2.05) is 12.3 Å². The van der Waals surface area contributed by atoms with Gasteiger partial charge >= 0.3 is 0 Å². The Hall–Kier alpha value is -0.370. The summed E-state index contributed by atoms with van der Waals surface area (Å²) < 4.78 is 0. The Morgan fingerprint density at radius 1 is 1.88 bits per heavy atom. The van der Waals surface area contributed by atoms with Crippen molar-refractivity contribution in [1.82, 2.24) is 0 Å². The molecule has 0 aromatic rings. The Morgan fingerprint density at radius 3 is 2.88 bits per heavy atom. The fourth-order valence-corrected chi connectivity index (χ4v) is 0.657. The van der Waals surface area contributed by atoms with Crippen molar-refractivity contribution in [2.24, 2.45) is 5.73 Å². The van der Waals surface area contributed by atoms with E-state index in [0.717, 1.165) is 12.1 Å². The molecule has 0 aromatic carbocycles. The highest BCUT2D eigenvalue weighted by Gasteiger charge is 1.78. The van der Waals surface area contributed by atoms with Gasteiger partial charge in [-0.3, -0.25) is 0 Å². The summed E-state index contributed by atoms with van der Waals surface area (Å²) in [7, 11) is 0. The molecule has 0 aliphatic rings. The maximum Gasteiger partial charge on any atom is 0.0145 e. The molecular weight excluding hydrogens is 118 g/mol. The predicted molar refractivity (Wildman–Crippen MR) is 40.3 cm³/mol.